The summed E-state index contributed by atoms with van der Waals surface area (Å²) in [7, 11) is 0. The zero-order chi connectivity index (χ0) is 22.5. The molecule has 0 radical (unpaired) electrons. The van der Waals surface area contributed by atoms with E-state index in [0.717, 1.165) is 37.9 Å². The molecule has 2 fully saturated rings. The summed E-state index contributed by atoms with van der Waals surface area (Å²) >= 11 is 0. The zero-order valence-corrected chi connectivity index (χ0v) is 18.6. The number of aryl methyl sites for hydroxylation is 1. The lowest BCUT2D eigenvalue weighted by Crippen LogP contribution is -2.55. The number of piperidine rings is 2. The number of amides is 3. The van der Waals surface area contributed by atoms with Gasteiger partial charge in [-0.05, 0) is 69.2 Å². The van der Waals surface area contributed by atoms with Crippen molar-refractivity contribution in [3.63, 3.8) is 0 Å². The van der Waals surface area contributed by atoms with Gasteiger partial charge in [0.15, 0.2) is 5.76 Å². The molecule has 4 rings (SSSR count). The van der Waals surface area contributed by atoms with E-state index in [1.54, 1.807) is 23.1 Å². The molecule has 0 bridgehead atoms. The van der Waals surface area contributed by atoms with Crippen LogP contribution in [0.3, 0.4) is 0 Å². The van der Waals surface area contributed by atoms with Gasteiger partial charge in [0, 0.05) is 31.7 Å². The number of rotatable bonds is 5. The quantitative estimate of drug-likeness (QED) is 0.778. The zero-order valence-electron chi connectivity index (χ0n) is 18.6. The van der Waals surface area contributed by atoms with E-state index in [-0.39, 0.29) is 23.6 Å². The summed E-state index contributed by atoms with van der Waals surface area (Å²) in [4.78, 5) is 42.7. The third-order valence-electron chi connectivity index (χ3n) is 6.53. The summed E-state index contributed by atoms with van der Waals surface area (Å²) in [6.45, 7) is 4.50. The van der Waals surface area contributed by atoms with Crippen LogP contribution in [0, 0.1) is 12.8 Å². The van der Waals surface area contributed by atoms with Crippen LogP contribution in [-0.2, 0) is 4.79 Å². The summed E-state index contributed by atoms with van der Waals surface area (Å²) in [6, 6.07) is 10.2. The fourth-order valence-electron chi connectivity index (χ4n) is 4.70. The van der Waals surface area contributed by atoms with Gasteiger partial charge in [-0.2, -0.15) is 0 Å². The van der Waals surface area contributed by atoms with E-state index in [9.17, 15) is 14.4 Å². The van der Waals surface area contributed by atoms with E-state index in [0.29, 0.717) is 37.3 Å². The first-order valence-electron chi connectivity index (χ1n) is 11.5. The van der Waals surface area contributed by atoms with Gasteiger partial charge in [-0.3, -0.25) is 14.4 Å². The van der Waals surface area contributed by atoms with E-state index < -0.39 is 6.04 Å². The molecule has 2 aromatic rings. The smallest absolute Gasteiger partial charge is 0.289 e. The molecule has 2 aliphatic heterocycles. The maximum atomic E-state index is 13.4. The molecular weight excluding hydrogens is 406 g/mol. The topological polar surface area (TPSA) is 82.9 Å². The van der Waals surface area contributed by atoms with Crippen LogP contribution in [0.4, 0.5) is 0 Å². The minimum atomic E-state index is -0.582. The molecule has 1 atom stereocenters. The molecule has 0 saturated carbocycles. The molecule has 2 aliphatic rings. The Morgan fingerprint density at radius 3 is 2.38 bits per heavy atom. The van der Waals surface area contributed by atoms with Crippen LogP contribution < -0.4 is 5.32 Å². The summed E-state index contributed by atoms with van der Waals surface area (Å²) in [5.74, 6) is -0.0354. The van der Waals surface area contributed by atoms with Crippen molar-refractivity contribution in [2.75, 3.05) is 26.2 Å². The lowest BCUT2D eigenvalue weighted by atomic mass is 9.87. The first kappa shape index (κ1) is 22.1. The molecular formula is C25H31N3O4. The van der Waals surface area contributed by atoms with Crippen LogP contribution in [0.25, 0.3) is 0 Å². The molecule has 3 heterocycles. The van der Waals surface area contributed by atoms with Crippen molar-refractivity contribution in [3.05, 3.63) is 59.5 Å². The lowest BCUT2D eigenvalue weighted by Gasteiger charge is -2.38. The highest BCUT2D eigenvalue weighted by Crippen LogP contribution is 2.25. The fourth-order valence-corrected chi connectivity index (χ4v) is 4.70. The van der Waals surface area contributed by atoms with E-state index in [1.165, 1.54) is 6.26 Å². The van der Waals surface area contributed by atoms with Crippen molar-refractivity contribution in [1.82, 2.24) is 15.1 Å². The Labute approximate surface area is 188 Å². The minimum Gasteiger partial charge on any atom is -0.459 e. The third kappa shape index (κ3) is 5.03. The highest BCUT2D eigenvalue weighted by Gasteiger charge is 2.37. The molecule has 0 aliphatic carbocycles. The van der Waals surface area contributed by atoms with Crippen molar-refractivity contribution in [1.29, 1.82) is 0 Å². The largest absolute Gasteiger partial charge is 0.459 e. The Bertz CT molecular complexity index is 942. The number of furan rings is 1. The van der Waals surface area contributed by atoms with E-state index in [2.05, 4.69) is 5.32 Å². The average Bonchev–Trinajstić information content (AvgIpc) is 3.37. The van der Waals surface area contributed by atoms with E-state index in [1.807, 2.05) is 30.0 Å². The second-order valence-corrected chi connectivity index (χ2v) is 8.81. The van der Waals surface area contributed by atoms with Crippen LogP contribution in [0.2, 0.25) is 0 Å². The summed E-state index contributed by atoms with van der Waals surface area (Å²) in [5, 5.41) is 3.05. The van der Waals surface area contributed by atoms with Crippen molar-refractivity contribution >= 4 is 17.7 Å². The number of carbonyl (C=O) groups excluding carboxylic acids is 3. The van der Waals surface area contributed by atoms with Crippen LogP contribution in [0.5, 0.6) is 0 Å². The number of carbonyl (C=O) groups is 3. The van der Waals surface area contributed by atoms with Gasteiger partial charge in [-0.15, -0.1) is 0 Å². The molecule has 170 valence electrons. The Hall–Kier alpha value is -3.09. The number of benzene rings is 1. The van der Waals surface area contributed by atoms with Gasteiger partial charge in [0.2, 0.25) is 5.91 Å². The van der Waals surface area contributed by atoms with Crippen molar-refractivity contribution in [2.45, 2.75) is 45.1 Å². The van der Waals surface area contributed by atoms with Gasteiger partial charge in [0.05, 0.1) is 6.26 Å². The first-order chi connectivity index (χ1) is 15.5. The van der Waals surface area contributed by atoms with Crippen LogP contribution in [0.1, 0.15) is 58.6 Å². The van der Waals surface area contributed by atoms with Crippen LogP contribution in [-0.4, -0.2) is 59.7 Å². The van der Waals surface area contributed by atoms with E-state index in [4.69, 9.17) is 4.42 Å². The molecule has 3 amide bonds. The Balaban J connectivity index is 1.47. The number of nitrogens with zero attached hydrogens (tertiary/aromatic N) is 2. The molecule has 32 heavy (non-hydrogen) atoms. The van der Waals surface area contributed by atoms with Crippen molar-refractivity contribution in [2.24, 2.45) is 5.92 Å². The summed E-state index contributed by atoms with van der Waals surface area (Å²) in [6.07, 6.45) is 5.95. The molecule has 1 N–H and O–H groups in total. The van der Waals surface area contributed by atoms with Gasteiger partial charge in [-0.1, -0.05) is 17.7 Å². The molecule has 7 heteroatoms. The average molecular weight is 438 g/mol. The number of hydrogen-bond donors (Lipinski definition) is 1. The van der Waals surface area contributed by atoms with Crippen molar-refractivity contribution in [3.8, 4) is 0 Å². The fraction of sp³-hybridized carbons (Fsp3) is 0.480. The molecule has 2 saturated heterocycles. The Morgan fingerprint density at radius 1 is 0.969 bits per heavy atom. The highest BCUT2D eigenvalue weighted by molar-refractivity contribution is 5.98. The predicted molar refractivity (Wildman–Crippen MR) is 120 cm³/mol. The van der Waals surface area contributed by atoms with E-state index >= 15 is 0 Å². The molecule has 7 nitrogen and oxygen atoms in total. The minimum absolute atomic E-state index is 0.00140. The van der Waals surface area contributed by atoms with Gasteiger partial charge >= 0.3 is 0 Å². The molecule has 0 spiro atoms. The number of likely N-dealkylation sites (tertiary alicyclic amines) is 2. The van der Waals surface area contributed by atoms with Crippen LogP contribution >= 0.6 is 0 Å². The molecule has 1 aromatic carbocycles. The third-order valence-corrected chi connectivity index (χ3v) is 6.53. The molecule has 1 aromatic heterocycles. The Kier molecular flexibility index (Phi) is 6.93. The monoisotopic (exact) mass is 437 g/mol. The lowest BCUT2D eigenvalue weighted by molar-refractivity contribution is -0.136. The first-order valence-corrected chi connectivity index (χ1v) is 11.5. The Morgan fingerprint density at radius 2 is 1.72 bits per heavy atom. The van der Waals surface area contributed by atoms with Gasteiger partial charge < -0.3 is 19.5 Å². The second-order valence-electron chi connectivity index (χ2n) is 8.81. The second kappa shape index (κ2) is 10.0. The summed E-state index contributed by atoms with van der Waals surface area (Å²) in [5.41, 5.74) is 1.56. The summed E-state index contributed by atoms with van der Waals surface area (Å²) < 4.78 is 5.24. The number of nitrogens with one attached hydrogen (secondary N) is 1. The van der Waals surface area contributed by atoms with Crippen molar-refractivity contribution < 1.29 is 18.8 Å². The van der Waals surface area contributed by atoms with Gasteiger partial charge in [0.1, 0.15) is 6.04 Å². The number of hydrogen-bond acceptors (Lipinski definition) is 4. The normalized spacial score (nSPS) is 18.3. The maximum Gasteiger partial charge on any atom is 0.289 e. The standard InChI is InChI=1S/C25H31N3O4/c1-18-7-5-8-20(17-18)23(29)26-22(25(31)27-12-3-2-4-13-27)19-10-14-28(15-11-19)24(30)21-9-6-16-32-21/h5-9,16-17,19,22H,2-4,10-15H2,1H3,(H,26,29)/t22-/m0/s1. The maximum absolute atomic E-state index is 13.4. The van der Waals surface area contributed by atoms with Gasteiger partial charge in [-0.25, -0.2) is 0 Å². The highest BCUT2D eigenvalue weighted by atomic mass is 16.3. The predicted octanol–water partition coefficient (Wildman–Crippen LogP) is 3.25. The molecule has 0 unspecified atom stereocenters. The van der Waals surface area contributed by atoms with Gasteiger partial charge in [0.25, 0.3) is 11.8 Å². The SMILES string of the molecule is Cc1cccc(C(=O)N[C@H](C(=O)N2CCCCC2)C2CCN(C(=O)c3ccco3)CC2)c1. The van der Waals surface area contributed by atoms with Crippen LogP contribution in [0.15, 0.2) is 47.1 Å².